The number of nitrogens with one attached hydrogen (secondary N) is 2. The summed E-state index contributed by atoms with van der Waals surface area (Å²) in [6.45, 7) is 1.26. The number of benzene rings is 4. The van der Waals surface area contributed by atoms with Crippen LogP contribution >= 0.6 is 23.2 Å². The first-order chi connectivity index (χ1) is 21.7. The van der Waals surface area contributed by atoms with Gasteiger partial charge in [-0.2, -0.15) is 5.10 Å². The molecule has 5 aromatic rings. The number of fused-ring (bicyclic) bond motifs is 1. The van der Waals surface area contributed by atoms with Crippen LogP contribution in [0.5, 0.6) is 23.0 Å². The number of hydrogen-bond donors (Lipinski definition) is 2. The van der Waals surface area contributed by atoms with Gasteiger partial charge in [0.2, 0.25) is 0 Å². The number of carbonyl (C=O) groups excluding carboxylic acids is 3. The standard InChI is InChI=1S/C33H25Cl2N3O7/c1-18(39)44-25-12-10-21(14-28(25)43-3)33(41)45-26-11-9-19(13-27(26)42-2)17-36-38-32(40)31-29(20-7-5-4-6-8-20)30-23(35)15-22(34)16-24(30)37-31/h4-17,37H,1-3H3,(H,38,40). The van der Waals surface area contributed by atoms with Crippen LogP contribution in [-0.4, -0.2) is 43.3 Å². The molecule has 2 N–H and O–H groups in total. The molecule has 0 saturated heterocycles. The van der Waals surface area contributed by atoms with Gasteiger partial charge in [-0.3, -0.25) is 9.59 Å². The van der Waals surface area contributed by atoms with Crippen LogP contribution in [-0.2, 0) is 4.79 Å². The highest BCUT2D eigenvalue weighted by Gasteiger charge is 2.22. The maximum Gasteiger partial charge on any atom is 0.343 e. The van der Waals surface area contributed by atoms with Crippen LogP contribution in [0.25, 0.3) is 22.0 Å². The van der Waals surface area contributed by atoms with Gasteiger partial charge in [0.05, 0.1) is 31.0 Å². The highest BCUT2D eigenvalue weighted by molar-refractivity contribution is 6.40. The molecule has 0 spiro atoms. The fourth-order valence-corrected chi connectivity index (χ4v) is 5.16. The summed E-state index contributed by atoms with van der Waals surface area (Å²) in [7, 11) is 2.81. The van der Waals surface area contributed by atoms with Crippen LogP contribution in [0.4, 0.5) is 0 Å². The third-order valence-corrected chi connectivity index (χ3v) is 7.04. The van der Waals surface area contributed by atoms with Crippen molar-refractivity contribution in [2.45, 2.75) is 6.92 Å². The first-order valence-corrected chi connectivity index (χ1v) is 14.1. The number of carbonyl (C=O) groups is 3. The number of rotatable bonds is 9. The van der Waals surface area contributed by atoms with Gasteiger partial charge in [0.1, 0.15) is 5.69 Å². The molecule has 10 nitrogen and oxygen atoms in total. The number of aromatic amines is 1. The first kappa shape index (κ1) is 31.1. The summed E-state index contributed by atoms with van der Waals surface area (Å²) in [4.78, 5) is 40.6. The number of hydrazone groups is 1. The molecule has 4 aromatic carbocycles. The van der Waals surface area contributed by atoms with Gasteiger partial charge < -0.3 is 23.9 Å². The smallest absolute Gasteiger partial charge is 0.343 e. The van der Waals surface area contributed by atoms with E-state index in [1.807, 2.05) is 30.3 Å². The highest BCUT2D eigenvalue weighted by atomic mass is 35.5. The van der Waals surface area contributed by atoms with Gasteiger partial charge >= 0.3 is 11.9 Å². The minimum Gasteiger partial charge on any atom is -0.493 e. The molecule has 0 unspecified atom stereocenters. The van der Waals surface area contributed by atoms with Gasteiger partial charge in [-0.05, 0) is 59.7 Å². The van der Waals surface area contributed by atoms with E-state index in [-0.39, 0.29) is 34.3 Å². The van der Waals surface area contributed by atoms with Crippen molar-refractivity contribution in [2.75, 3.05) is 14.2 Å². The summed E-state index contributed by atoms with van der Waals surface area (Å²) in [5, 5.41) is 5.60. The molecular formula is C33H25Cl2N3O7. The van der Waals surface area contributed by atoms with Gasteiger partial charge in [-0.15, -0.1) is 0 Å². The molecule has 0 aliphatic rings. The average Bonchev–Trinajstić information content (AvgIpc) is 3.42. The van der Waals surface area contributed by atoms with Crippen molar-refractivity contribution >= 4 is 58.2 Å². The van der Waals surface area contributed by atoms with Crippen molar-refractivity contribution in [3.63, 3.8) is 0 Å². The monoisotopic (exact) mass is 645 g/mol. The molecule has 0 atom stereocenters. The largest absolute Gasteiger partial charge is 0.493 e. The maximum atomic E-state index is 13.3. The molecule has 12 heteroatoms. The Morgan fingerprint density at radius 3 is 2.22 bits per heavy atom. The number of nitrogens with zero attached hydrogens (tertiary/aromatic N) is 1. The van der Waals surface area contributed by atoms with Gasteiger partial charge in [0.15, 0.2) is 23.0 Å². The molecule has 1 amide bonds. The zero-order valence-corrected chi connectivity index (χ0v) is 25.7. The minimum absolute atomic E-state index is 0.146. The van der Waals surface area contributed by atoms with E-state index in [9.17, 15) is 14.4 Å². The SMILES string of the molecule is COc1cc(C(=O)Oc2ccc(C=NNC(=O)c3[nH]c4cc(Cl)cc(Cl)c4c3-c3ccccc3)cc2OC)ccc1OC(C)=O. The predicted octanol–water partition coefficient (Wildman–Crippen LogP) is 7.07. The Morgan fingerprint density at radius 2 is 1.51 bits per heavy atom. The fourth-order valence-electron chi connectivity index (χ4n) is 4.57. The summed E-state index contributed by atoms with van der Waals surface area (Å²) in [5.74, 6) is -0.964. The molecule has 45 heavy (non-hydrogen) atoms. The van der Waals surface area contributed by atoms with E-state index < -0.39 is 17.8 Å². The molecular weight excluding hydrogens is 621 g/mol. The van der Waals surface area contributed by atoms with Gasteiger partial charge in [0.25, 0.3) is 5.91 Å². The lowest BCUT2D eigenvalue weighted by Crippen LogP contribution is -2.18. The molecule has 0 aliphatic carbocycles. The summed E-state index contributed by atoms with van der Waals surface area (Å²) >= 11 is 12.7. The third kappa shape index (κ3) is 6.93. The van der Waals surface area contributed by atoms with Crippen molar-refractivity contribution in [2.24, 2.45) is 5.10 Å². The Hall–Kier alpha value is -5.32. The van der Waals surface area contributed by atoms with Crippen molar-refractivity contribution < 1.29 is 33.3 Å². The van der Waals surface area contributed by atoms with E-state index in [1.54, 1.807) is 24.3 Å². The number of esters is 2. The maximum absolute atomic E-state index is 13.3. The fraction of sp³-hybridized carbons (Fsp3) is 0.0909. The number of H-pyrrole nitrogens is 1. The van der Waals surface area contributed by atoms with E-state index >= 15 is 0 Å². The number of methoxy groups -OCH3 is 2. The average molecular weight is 646 g/mol. The molecule has 0 saturated carbocycles. The Balaban J connectivity index is 1.33. The van der Waals surface area contributed by atoms with Crippen LogP contribution in [0, 0.1) is 0 Å². The summed E-state index contributed by atoms with van der Waals surface area (Å²) in [6.07, 6.45) is 1.42. The number of halogens is 2. The third-order valence-electron chi connectivity index (χ3n) is 6.53. The molecule has 0 fully saturated rings. The normalized spacial score (nSPS) is 11.0. The number of hydrogen-bond acceptors (Lipinski definition) is 8. The zero-order chi connectivity index (χ0) is 32.1. The summed E-state index contributed by atoms with van der Waals surface area (Å²) in [6, 6.07) is 21.7. The quantitative estimate of drug-likeness (QED) is 0.0759. The molecule has 0 bridgehead atoms. The second kappa shape index (κ2) is 13.5. The molecule has 0 aliphatic heterocycles. The Labute approximate surface area is 267 Å². The highest BCUT2D eigenvalue weighted by Crippen LogP contribution is 2.38. The molecule has 1 aromatic heterocycles. The van der Waals surface area contributed by atoms with Crippen LogP contribution < -0.4 is 24.4 Å². The van der Waals surface area contributed by atoms with Crippen molar-refractivity contribution in [1.82, 2.24) is 10.4 Å². The van der Waals surface area contributed by atoms with Crippen LogP contribution in [0.3, 0.4) is 0 Å². The second-order valence-electron chi connectivity index (χ2n) is 9.51. The zero-order valence-electron chi connectivity index (χ0n) is 24.1. The van der Waals surface area contributed by atoms with E-state index in [0.29, 0.717) is 32.1 Å². The second-order valence-corrected chi connectivity index (χ2v) is 10.4. The number of aromatic nitrogens is 1. The van der Waals surface area contributed by atoms with E-state index in [2.05, 4.69) is 15.5 Å². The lowest BCUT2D eigenvalue weighted by Gasteiger charge is -2.12. The lowest BCUT2D eigenvalue weighted by molar-refractivity contribution is -0.132. The molecule has 228 valence electrons. The number of ether oxygens (including phenoxy) is 4. The Bertz CT molecular complexity index is 1960. The van der Waals surface area contributed by atoms with E-state index in [4.69, 9.17) is 42.1 Å². The molecule has 0 radical (unpaired) electrons. The van der Waals surface area contributed by atoms with Gasteiger partial charge in [-0.25, -0.2) is 10.2 Å². The summed E-state index contributed by atoms with van der Waals surface area (Å²) in [5.41, 5.74) is 5.52. The lowest BCUT2D eigenvalue weighted by atomic mass is 10.0. The summed E-state index contributed by atoms with van der Waals surface area (Å²) < 4.78 is 21.2. The van der Waals surface area contributed by atoms with Crippen molar-refractivity contribution in [3.8, 4) is 34.1 Å². The van der Waals surface area contributed by atoms with Crippen LogP contribution in [0.2, 0.25) is 10.0 Å². The predicted molar refractivity (Wildman–Crippen MR) is 171 cm³/mol. The number of amides is 1. The molecule has 5 rings (SSSR count). The van der Waals surface area contributed by atoms with Crippen LogP contribution in [0.1, 0.15) is 33.3 Å². The van der Waals surface area contributed by atoms with Crippen molar-refractivity contribution in [3.05, 3.63) is 106 Å². The van der Waals surface area contributed by atoms with E-state index in [0.717, 1.165) is 5.56 Å². The minimum atomic E-state index is -0.691. The topological polar surface area (TPSA) is 128 Å². The Morgan fingerprint density at radius 1 is 0.822 bits per heavy atom. The first-order valence-electron chi connectivity index (χ1n) is 13.3. The van der Waals surface area contributed by atoms with Crippen molar-refractivity contribution in [1.29, 1.82) is 0 Å². The van der Waals surface area contributed by atoms with E-state index in [1.165, 1.54) is 51.6 Å². The Kier molecular flexibility index (Phi) is 9.36. The molecule has 1 heterocycles. The van der Waals surface area contributed by atoms with Gasteiger partial charge in [-0.1, -0.05) is 53.5 Å². The van der Waals surface area contributed by atoms with Gasteiger partial charge in [0, 0.05) is 28.4 Å². The van der Waals surface area contributed by atoms with Crippen LogP contribution in [0.15, 0.2) is 84.0 Å².